The summed E-state index contributed by atoms with van der Waals surface area (Å²) in [7, 11) is 5.53. The van der Waals surface area contributed by atoms with E-state index < -0.39 is 0 Å². The minimum absolute atomic E-state index is 0.0663. The van der Waals surface area contributed by atoms with Crippen LogP contribution < -0.4 is 0 Å². The number of hydrogen-bond acceptors (Lipinski definition) is 2. The van der Waals surface area contributed by atoms with Crippen molar-refractivity contribution < 1.29 is 4.59 Å². The van der Waals surface area contributed by atoms with Crippen molar-refractivity contribution in [1.82, 2.24) is 0 Å². The molecule has 0 aliphatic carbocycles. The predicted molar refractivity (Wildman–Crippen MR) is 68.7 cm³/mol. The van der Waals surface area contributed by atoms with E-state index in [2.05, 4.69) is 16.0 Å². The average Bonchev–Trinajstić information content (AvgIpc) is 2.12. The Morgan fingerprint density at radius 2 is 1.75 bits per heavy atom. The lowest BCUT2D eigenvalue weighted by Gasteiger charge is -2.18. The van der Waals surface area contributed by atoms with Gasteiger partial charge in [-0.1, -0.05) is 39.9 Å². The van der Waals surface area contributed by atoms with Gasteiger partial charge in [0.15, 0.2) is 0 Å². The maximum atomic E-state index is 7.02. The van der Waals surface area contributed by atoms with E-state index in [1.807, 2.05) is 21.1 Å². The Kier molecular flexibility index (Phi) is 3.94. The molecule has 0 radical (unpaired) electrons. The maximum Gasteiger partial charge on any atom is 0.229 e. The lowest BCUT2D eigenvalue weighted by atomic mass is 10.2. The molecular weight excluding hydrogens is 270 g/mol. The molecule has 0 atom stereocenters. The Morgan fingerprint density at radius 3 is 2.19 bits per heavy atom. The fraction of sp³-hybridized carbons (Fsp3) is 0.333. The van der Waals surface area contributed by atoms with Gasteiger partial charge in [0.2, 0.25) is 5.84 Å². The number of hydrogen-bond donors (Lipinski definition) is 1. The summed E-state index contributed by atoms with van der Waals surface area (Å²) >= 11 is 17.7. The van der Waals surface area contributed by atoms with E-state index in [-0.39, 0.29) is 31.2 Å². The summed E-state index contributed by atoms with van der Waals surface area (Å²) in [5, 5.41) is 11.6. The fourth-order valence-corrected chi connectivity index (χ4v) is 1.62. The van der Waals surface area contributed by atoms with Gasteiger partial charge in [0.1, 0.15) is 10.2 Å². The number of quaternary nitrogens is 1. The molecule has 0 amide bonds. The molecular formula is C9H10Cl3N4+. The topological polar surface area (TPSA) is 48.6 Å². The molecule has 1 rings (SSSR count). The Bertz CT molecular complexity index is 462. The molecule has 0 aromatic rings. The fourth-order valence-electron chi connectivity index (χ4n) is 0.953. The number of rotatable bonds is 1. The number of nitrogens with one attached hydrogen (secondary N) is 1. The number of dihydropyridines is 1. The van der Waals surface area contributed by atoms with Gasteiger partial charge in [-0.15, -0.1) is 0 Å². The molecule has 4 nitrogen and oxygen atoms in total. The van der Waals surface area contributed by atoms with E-state index in [9.17, 15) is 0 Å². The second-order valence-electron chi connectivity index (χ2n) is 3.90. The van der Waals surface area contributed by atoms with Crippen LogP contribution >= 0.6 is 34.8 Å². The van der Waals surface area contributed by atoms with Crippen LogP contribution in [0.5, 0.6) is 0 Å². The molecule has 0 spiro atoms. The van der Waals surface area contributed by atoms with Gasteiger partial charge < -0.3 is 0 Å². The van der Waals surface area contributed by atoms with E-state index in [1.165, 1.54) is 0 Å². The Morgan fingerprint density at radius 1 is 1.19 bits per heavy atom. The lowest BCUT2D eigenvalue weighted by Crippen LogP contribution is -2.29. The summed E-state index contributed by atoms with van der Waals surface area (Å²) in [4.78, 5) is 3.97. The van der Waals surface area contributed by atoms with E-state index in [4.69, 9.17) is 40.2 Å². The maximum absolute atomic E-state index is 7.02. The van der Waals surface area contributed by atoms with Crippen LogP contribution in [-0.4, -0.2) is 42.6 Å². The van der Waals surface area contributed by atoms with Gasteiger partial charge in [0, 0.05) is 0 Å². The quantitative estimate of drug-likeness (QED) is 0.436. The van der Waals surface area contributed by atoms with Gasteiger partial charge in [-0.3, -0.25) is 5.41 Å². The van der Waals surface area contributed by atoms with Gasteiger partial charge in [-0.05, 0) is 5.87 Å². The van der Waals surface area contributed by atoms with Crippen LogP contribution in [0.15, 0.2) is 25.7 Å². The third-order valence-corrected chi connectivity index (χ3v) is 2.64. The van der Waals surface area contributed by atoms with Crippen LogP contribution in [-0.2, 0) is 0 Å². The summed E-state index contributed by atoms with van der Waals surface area (Å²) in [6.07, 6.45) is 0. The van der Waals surface area contributed by atoms with Gasteiger partial charge in [-0.2, -0.15) is 0 Å². The summed E-state index contributed by atoms with van der Waals surface area (Å²) < 4.78 is 0.285. The highest BCUT2D eigenvalue weighted by molar-refractivity contribution is 6.74. The highest BCUT2D eigenvalue weighted by atomic mass is 35.5. The monoisotopic (exact) mass is 279 g/mol. The Hall–Kier alpha value is -0.640. The molecule has 0 fully saturated rings. The van der Waals surface area contributed by atoms with Crippen LogP contribution in [0, 0.1) is 5.41 Å². The van der Waals surface area contributed by atoms with Crippen LogP contribution in [0.3, 0.4) is 0 Å². The summed E-state index contributed by atoms with van der Waals surface area (Å²) in [6, 6.07) is 0. The van der Waals surface area contributed by atoms with E-state index in [0.29, 0.717) is 0 Å². The van der Waals surface area contributed by atoms with Crippen molar-refractivity contribution in [2.75, 3.05) is 21.1 Å². The van der Waals surface area contributed by atoms with Gasteiger partial charge >= 0.3 is 0 Å². The first kappa shape index (κ1) is 13.4. The second-order valence-corrected chi connectivity index (χ2v) is 5.01. The number of nitrogens with zero attached hydrogens (tertiary/aromatic N) is 3. The molecule has 0 saturated carbocycles. The SMILES string of the molecule is C[N+](C)(C)/N=C1/N=C(Cl)C(=C=N)C(Cl)=C1Cl. The average molecular weight is 281 g/mol. The third kappa shape index (κ3) is 2.94. The zero-order valence-corrected chi connectivity index (χ0v) is 11.2. The standard InChI is InChI=1S/C9H10Cl3N4/c1-16(2,3)15-9-7(11)6(10)5(4-13)8(12)14-9/h13H,1-3H3/q+1/b15-9+. The van der Waals surface area contributed by atoms with Gasteiger partial charge in [0.05, 0.1) is 31.7 Å². The van der Waals surface area contributed by atoms with Crippen molar-refractivity contribution in [3.8, 4) is 0 Å². The molecule has 1 aliphatic heterocycles. The van der Waals surface area contributed by atoms with E-state index >= 15 is 0 Å². The minimum Gasteiger partial charge on any atom is -0.258 e. The first-order valence-corrected chi connectivity index (χ1v) is 5.41. The number of amidine groups is 1. The highest BCUT2D eigenvalue weighted by Gasteiger charge is 2.25. The van der Waals surface area contributed by atoms with Gasteiger partial charge in [-0.25, -0.2) is 9.58 Å². The number of halogens is 3. The van der Waals surface area contributed by atoms with Crippen LogP contribution in [0.2, 0.25) is 0 Å². The molecule has 0 aromatic carbocycles. The van der Waals surface area contributed by atoms with Crippen molar-refractivity contribution in [3.05, 3.63) is 15.6 Å². The van der Waals surface area contributed by atoms with Crippen molar-refractivity contribution in [2.45, 2.75) is 0 Å². The normalized spacial score (nSPS) is 20.0. The lowest BCUT2D eigenvalue weighted by molar-refractivity contribution is -0.877. The van der Waals surface area contributed by atoms with Crippen molar-refractivity contribution >= 4 is 51.7 Å². The summed E-state index contributed by atoms with van der Waals surface area (Å²) in [6.45, 7) is 0. The zero-order chi connectivity index (χ0) is 12.5. The summed E-state index contributed by atoms with van der Waals surface area (Å²) in [5.41, 5.74) is 0.175. The smallest absolute Gasteiger partial charge is 0.229 e. The third-order valence-electron chi connectivity index (χ3n) is 1.54. The van der Waals surface area contributed by atoms with Crippen LogP contribution in [0.4, 0.5) is 0 Å². The highest BCUT2D eigenvalue weighted by Crippen LogP contribution is 2.29. The largest absolute Gasteiger partial charge is 0.258 e. The molecule has 0 bridgehead atoms. The van der Waals surface area contributed by atoms with Crippen LogP contribution in [0.25, 0.3) is 0 Å². The van der Waals surface area contributed by atoms with E-state index in [0.717, 1.165) is 0 Å². The predicted octanol–water partition coefficient (Wildman–Crippen LogP) is 2.52. The van der Waals surface area contributed by atoms with Gasteiger partial charge in [0.25, 0.3) is 0 Å². The number of allylic oxidation sites excluding steroid dienone is 2. The first-order valence-electron chi connectivity index (χ1n) is 4.28. The van der Waals surface area contributed by atoms with Crippen molar-refractivity contribution in [3.63, 3.8) is 0 Å². The van der Waals surface area contributed by atoms with Crippen molar-refractivity contribution in [2.24, 2.45) is 10.1 Å². The first-order chi connectivity index (χ1) is 7.26. The molecule has 7 heteroatoms. The molecule has 0 aromatic heterocycles. The second kappa shape index (κ2) is 4.70. The molecule has 1 N–H and O–H groups in total. The minimum atomic E-state index is 0.0663. The Labute approximate surface area is 109 Å². The molecule has 0 saturated heterocycles. The van der Waals surface area contributed by atoms with E-state index in [1.54, 1.807) is 0 Å². The molecule has 1 heterocycles. The molecule has 1 aliphatic rings. The number of aliphatic imine (C=N–C) groups is 1. The molecule has 86 valence electrons. The van der Waals surface area contributed by atoms with Crippen molar-refractivity contribution in [1.29, 1.82) is 5.41 Å². The zero-order valence-electron chi connectivity index (χ0n) is 8.98. The van der Waals surface area contributed by atoms with Crippen LogP contribution in [0.1, 0.15) is 0 Å². The Balaban J connectivity index is 3.35. The molecule has 0 unspecified atom stereocenters. The summed E-state index contributed by atoms with van der Waals surface area (Å²) in [5.74, 6) is 2.34. The molecule has 16 heavy (non-hydrogen) atoms.